The molecule has 0 aliphatic carbocycles. The van der Waals surface area contributed by atoms with Crippen molar-refractivity contribution in [1.82, 2.24) is 9.03 Å². The molecule has 2 aromatic carbocycles. The molecule has 140 valence electrons. The lowest BCUT2D eigenvalue weighted by Gasteiger charge is -2.14. The van der Waals surface area contributed by atoms with Crippen molar-refractivity contribution in [1.29, 1.82) is 0 Å². The van der Waals surface area contributed by atoms with Crippen LogP contribution in [0.15, 0.2) is 36.4 Å². The molecule has 7 nitrogen and oxygen atoms in total. The number of ether oxygens (including phenoxy) is 2. The Morgan fingerprint density at radius 3 is 2.35 bits per heavy atom. The van der Waals surface area contributed by atoms with E-state index in [1.54, 1.807) is 29.0 Å². The maximum Gasteiger partial charge on any atom is 0.303 e. The van der Waals surface area contributed by atoms with Crippen LogP contribution in [-0.2, 0) is 10.2 Å². The second kappa shape index (κ2) is 7.90. The van der Waals surface area contributed by atoms with E-state index in [0.717, 1.165) is 16.4 Å². The number of hydrogen-bond donors (Lipinski definition) is 1. The van der Waals surface area contributed by atoms with E-state index < -0.39 is 27.5 Å². The zero-order valence-electron chi connectivity index (χ0n) is 14.1. The number of para-hydroxylation sites is 2. The van der Waals surface area contributed by atoms with Crippen molar-refractivity contribution >= 4 is 27.7 Å². The van der Waals surface area contributed by atoms with Gasteiger partial charge in [0, 0.05) is 20.2 Å². The van der Waals surface area contributed by atoms with Crippen molar-refractivity contribution in [2.75, 3.05) is 21.2 Å². The fourth-order valence-corrected chi connectivity index (χ4v) is 2.59. The minimum absolute atomic E-state index is 0.0549. The van der Waals surface area contributed by atoms with E-state index in [9.17, 15) is 17.6 Å². The summed E-state index contributed by atoms with van der Waals surface area (Å²) in [5.74, 6) is -1.50. The van der Waals surface area contributed by atoms with Crippen molar-refractivity contribution in [2.45, 2.75) is 0 Å². The van der Waals surface area contributed by atoms with Crippen LogP contribution < -0.4 is 14.2 Å². The van der Waals surface area contributed by atoms with E-state index in [-0.39, 0.29) is 10.8 Å². The average molecular weight is 403 g/mol. The predicted molar refractivity (Wildman–Crippen MR) is 94.6 cm³/mol. The van der Waals surface area contributed by atoms with Gasteiger partial charge in [-0.05, 0) is 18.2 Å². The molecule has 0 aliphatic rings. The summed E-state index contributed by atoms with van der Waals surface area (Å²) in [6.45, 7) is 0. The number of rotatable bonds is 6. The third-order valence-corrected chi connectivity index (χ3v) is 4.96. The van der Waals surface area contributed by atoms with Gasteiger partial charge in [-0.1, -0.05) is 23.7 Å². The molecule has 0 radical (unpaired) electrons. The maximum absolute atomic E-state index is 14.3. The highest BCUT2D eigenvalue weighted by Crippen LogP contribution is 2.36. The molecule has 2 rings (SSSR count). The summed E-state index contributed by atoms with van der Waals surface area (Å²) < 4.78 is 50.8. The Labute approximate surface area is 155 Å². The first-order valence-electron chi connectivity index (χ1n) is 7.20. The van der Waals surface area contributed by atoms with Gasteiger partial charge in [-0.3, -0.25) is 4.79 Å². The summed E-state index contributed by atoms with van der Waals surface area (Å²) in [6, 6.07) is 8.54. The zero-order chi connectivity index (χ0) is 19.5. The maximum atomic E-state index is 14.3. The van der Waals surface area contributed by atoms with Gasteiger partial charge in [-0.25, -0.2) is 9.11 Å². The summed E-state index contributed by atoms with van der Waals surface area (Å²) in [5.41, 5.74) is -0.534. The number of carbonyl (C=O) groups excluding carboxylic acids is 1. The molecular weight excluding hydrogens is 387 g/mol. The lowest BCUT2D eigenvalue weighted by molar-refractivity contribution is 0.0976. The van der Waals surface area contributed by atoms with Crippen LogP contribution >= 0.6 is 11.6 Å². The Hall–Kier alpha value is -2.36. The fourth-order valence-electron chi connectivity index (χ4n) is 1.87. The molecule has 0 atom stereocenters. The van der Waals surface area contributed by atoms with Crippen LogP contribution in [0.25, 0.3) is 0 Å². The van der Waals surface area contributed by atoms with Crippen LogP contribution in [0.2, 0.25) is 5.02 Å². The number of hydrogen-bond acceptors (Lipinski definition) is 5. The smallest absolute Gasteiger partial charge is 0.303 e. The van der Waals surface area contributed by atoms with E-state index in [0.29, 0.717) is 11.5 Å². The van der Waals surface area contributed by atoms with E-state index in [1.165, 1.54) is 21.2 Å². The number of nitrogens with one attached hydrogen (secondary N) is 1. The second-order valence-corrected chi connectivity index (χ2v) is 7.53. The lowest BCUT2D eigenvalue weighted by atomic mass is 10.2. The van der Waals surface area contributed by atoms with Gasteiger partial charge in [0.15, 0.2) is 11.5 Å². The van der Waals surface area contributed by atoms with Gasteiger partial charge in [0.1, 0.15) is 11.6 Å². The number of methoxy groups -OCH3 is 1. The van der Waals surface area contributed by atoms with Gasteiger partial charge < -0.3 is 9.47 Å². The lowest BCUT2D eigenvalue weighted by Crippen LogP contribution is -2.39. The fraction of sp³-hybridized carbons (Fsp3) is 0.188. The summed E-state index contributed by atoms with van der Waals surface area (Å²) in [6.07, 6.45) is 0. The van der Waals surface area contributed by atoms with Gasteiger partial charge in [0.25, 0.3) is 5.91 Å². The molecule has 0 spiro atoms. The highest BCUT2D eigenvalue weighted by atomic mass is 35.5. The Morgan fingerprint density at radius 1 is 1.15 bits per heavy atom. The highest BCUT2D eigenvalue weighted by Gasteiger charge is 2.22. The minimum atomic E-state index is -4.07. The summed E-state index contributed by atoms with van der Waals surface area (Å²) >= 11 is 6.05. The first-order chi connectivity index (χ1) is 12.2. The molecule has 1 amide bonds. The van der Waals surface area contributed by atoms with Crippen molar-refractivity contribution in [3.05, 3.63) is 52.8 Å². The minimum Gasteiger partial charge on any atom is -0.493 e. The summed E-state index contributed by atoms with van der Waals surface area (Å²) in [5, 5.41) is -0.0790. The van der Waals surface area contributed by atoms with Crippen LogP contribution in [-0.4, -0.2) is 39.8 Å². The number of carbonyl (C=O) groups is 1. The first kappa shape index (κ1) is 20.0. The number of amides is 1. The van der Waals surface area contributed by atoms with Gasteiger partial charge >= 0.3 is 10.2 Å². The van der Waals surface area contributed by atoms with Crippen LogP contribution in [0.1, 0.15) is 10.4 Å². The zero-order valence-corrected chi connectivity index (χ0v) is 15.7. The molecule has 0 fully saturated rings. The molecule has 0 saturated heterocycles. The SMILES string of the molecule is COc1ccccc1Oc1cc(F)c(C(=O)NS(=O)(=O)N(C)C)cc1Cl. The third-order valence-electron chi connectivity index (χ3n) is 3.26. The van der Waals surface area contributed by atoms with E-state index in [1.807, 2.05) is 0 Å². The molecule has 0 bridgehead atoms. The molecule has 0 heterocycles. The molecule has 10 heteroatoms. The Balaban J connectivity index is 2.32. The molecule has 26 heavy (non-hydrogen) atoms. The summed E-state index contributed by atoms with van der Waals surface area (Å²) in [4.78, 5) is 12.0. The standard InChI is InChI=1S/C16H16ClFN2O5S/c1-20(2)26(22,23)19-16(21)10-8-11(17)15(9-12(10)18)25-14-7-5-4-6-13(14)24-3/h4-9H,1-3H3,(H,19,21). The van der Waals surface area contributed by atoms with Crippen LogP contribution in [0.3, 0.4) is 0 Å². The summed E-state index contributed by atoms with van der Waals surface area (Å²) in [7, 11) is -0.169. The largest absolute Gasteiger partial charge is 0.493 e. The van der Waals surface area contributed by atoms with Crippen molar-refractivity contribution in [3.8, 4) is 17.2 Å². The number of benzene rings is 2. The van der Waals surface area contributed by atoms with Gasteiger partial charge in [-0.15, -0.1) is 0 Å². The highest BCUT2D eigenvalue weighted by molar-refractivity contribution is 7.87. The van der Waals surface area contributed by atoms with Gasteiger partial charge in [0.2, 0.25) is 0 Å². The third kappa shape index (κ3) is 4.43. The van der Waals surface area contributed by atoms with E-state index in [2.05, 4.69) is 0 Å². The van der Waals surface area contributed by atoms with Crippen LogP contribution in [0.4, 0.5) is 4.39 Å². The van der Waals surface area contributed by atoms with E-state index in [4.69, 9.17) is 21.1 Å². The quantitative estimate of drug-likeness (QED) is 0.803. The predicted octanol–water partition coefficient (Wildman–Crippen LogP) is 2.82. The Kier molecular flexibility index (Phi) is 6.06. The topological polar surface area (TPSA) is 84.9 Å². The average Bonchev–Trinajstić information content (AvgIpc) is 2.57. The van der Waals surface area contributed by atoms with Crippen molar-refractivity contribution < 1.29 is 27.1 Å². The molecular formula is C16H16ClFN2O5S. The van der Waals surface area contributed by atoms with Crippen LogP contribution in [0.5, 0.6) is 17.2 Å². The normalized spacial score (nSPS) is 11.3. The first-order valence-corrected chi connectivity index (χ1v) is 9.02. The van der Waals surface area contributed by atoms with Crippen molar-refractivity contribution in [3.63, 3.8) is 0 Å². The Bertz CT molecular complexity index is 934. The molecule has 0 aliphatic heterocycles. The number of halogens is 2. The van der Waals surface area contributed by atoms with Crippen LogP contribution in [0, 0.1) is 5.82 Å². The van der Waals surface area contributed by atoms with Gasteiger partial charge in [0.05, 0.1) is 17.7 Å². The molecule has 2 aromatic rings. The Morgan fingerprint density at radius 2 is 1.77 bits per heavy atom. The number of nitrogens with zero attached hydrogens (tertiary/aromatic N) is 1. The molecule has 0 unspecified atom stereocenters. The molecule has 0 aromatic heterocycles. The molecule has 1 N–H and O–H groups in total. The van der Waals surface area contributed by atoms with Gasteiger partial charge in [-0.2, -0.15) is 12.7 Å². The second-order valence-electron chi connectivity index (χ2n) is 5.23. The molecule has 0 saturated carbocycles. The van der Waals surface area contributed by atoms with E-state index >= 15 is 0 Å². The monoisotopic (exact) mass is 402 g/mol. The van der Waals surface area contributed by atoms with Crippen molar-refractivity contribution in [2.24, 2.45) is 0 Å².